The first-order valence-electron chi connectivity index (χ1n) is 16.7. The van der Waals surface area contributed by atoms with Gasteiger partial charge in [0.1, 0.15) is 22.2 Å². The van der Waals surface area contributed by atoms with Crippen LogP contribution in [0.5, 0.6) is 0 Å². The van der Waals surface area contributed by atoms with Crippen molar-refractivity contribution in [3.63, 3.8) is 0 Å². The van der Waals surface area contributed by atoms with Gasteiger partial charge < -0.3 is 15.5 Å². The Morgan fingerprint density at radius 3 is 2.47 bits per heavy atom. The van der Waals surface area contributed by atoms with Crippen LogP contribution in [-0.2, 0) is 19.0 Å². The van der Waals surface area contributed by atoms with E-state index in [0.717, 1.165) is 56.1 Å². The summed E-state index contributed by atoms with van der Waals surface area (Å²) < 4.78 is 31.2. The molecule has 3 aliphatic heterocycles. The maximum absolute atomic E-state index is 15.9. The van der Waals surface area contributed by atoms with Gasteiger partial charge in [-0.2, -0.15) is 0 Å². The molecule has 1 aromatic heterocycles. The van der Waals surface area contributed by atoms with Gasteiger partial charge in [-0.1, -0.05) is 63.8 Å². The lowest BCUT2D eigenvalue weighted by atomic mass is 9.72. The zero-order valence-electron chi connectivity index (χ0n) is 26.7. The van der Waals surface area contributed by atoms with Crippen molar-refractivity contribution in [1.82, 2.24) is 19.8 Å². The second-order valence-electron chi connectivity index (χ2n) is 13.4. The third-order valence-corrected chi connectivity index (χ3v) is 11.1. The van der Waals surface area contributed by atoms with Gasteiger partial charge in [0.25, 0.3) is 5.92 Å². The molecule has 2 radical (unpaired) electrons. The summed E-state index contributed by atoms with van der Waals surface area (Å²) in [6.45, 7) is 7.96. The lowest BCUT2D eigenvalue weighted by molar-refractivity contribution is -0.0901. The van der Waals surface area contributed by atoms with Crippen molar-refractivity contribution in [1.29, 1.82) is 0 Å². The fraction of sp³-hybridized carbons (Fsp3) is 0.647. The van der Waals surface area contributed by atoms with Gasteiger partial charge in [-0.05, 0) is 81.3 Å². The van der Waals surface area contributed by atoms with Crippen LogP contribution in [0.15, 0.2) is 43.4 Å². The molecular formula is C34H49BF2N6S2. The zero-order valence-corrected chi connectivity index (χ0v) is 28.4. The minimum atomic E-state index is -2.92. The van der Waals surface area contributed by atoms with Gasteiger partial charge in [-0.15, -0.1) is 25.3 Å². The molecule has 4 heterocycles. The number of benzene rings is 1. The number of fused-ring (bicyclic) bond motifs is 11. The molecule has 1 atom stereocenters. The Kier molecular flexibility index (Phi) is 11.5. The van der Waals surface area contributed by atoms with Crippen molar-refractivity contribution in [2.45, 2.75) is 119 Å². The number of nitrogens with zero attached hydrogens (tertiary/aromatic N) is 4. The van der Waals surface area contributed by atoms with Crippen LogP contribution in [0.4, 0.5) is 20.4 Å². The maximum Gasteiger partial charge on any atom is 0.276 e. The van der Waals surface area contributed by atoms with E-state index in [9.17, 15) is 0 Å². The van der Waals surface area contributed by atoms with Gasteiger partial charge >= 0.3 is 0 Å². The molecule has 45 heavy (non-hydrogen) atoms. The summed E-state index contributed by atoms with van der Waals surface area (Å²) in [5.41, 5.74) is 1.20. The number of piperidine rings is 1. The second kappa shape index (κ2) is 14.9. The molecule has 6 nitrogen and oxygen atoms in total. The monoisotopic (exact) mass is 654 g/mol. The first-order valence-corrected chi connectivity index (χ1v) is 17.6. The van der Waals surface area contributed by atoms with Gasteiger partial charge in [0, 0.05) is 30.6 Å². The second-order valence-corrected chi connectivity index (χ2v) is 15.3. The van der Waals surface area contributed by atoms with E-state index in [1.54, 1.807) is 24.4 Å². The molecule has 1 saturated heterocycles. The first-order chi connectivity index (χ1) is 21.5. The summed E-state index contributed by atoms with van der Waals surface area (Å²) in [6.07, 6.45) is 14.3. The summed E-state index contributed by atoms with van der Waals surface area (Å²) in [7, 11) is 6.81. The molecule has 6 rings (SSSR count). The minimum absolute atomic E-state index is 0.0666. The smallest absolute Gasteiger partial charge is 0.276 e. The molecule has 1 saturated carbocycles. The molecule has 1 aromatic carbocycles. The highest BCUT2D eigenvalue weighted by Crippen LogP contribution is 2.43. The molecule has 0 amide bonds. The average molecular weight is 655 g/mol. The third-order valence-electron chi connectivity index (χ3n) is 10.2. The van der Waals surface area contributed by atoms with Gasteiger partial charge in [0.05, 0.1) is 13.4 Å². The summed E-state index contributed by atoms with van der Waals surface area (Å²) in [4.78, 5) is 13.8. The Hall–Kier alpha value is -1.82. The lowest BCUT2D eigenvalue weighted by Crippen LogP contribution is -2.52. The fourth-order valence-corrected chi connectivity index (χ4v) is 8.22. The van der Waals surface area contributed by atoms with E-state index in [2.05, 4.69) is 43.9 Å². The summed E-state index contributed by atoms with van der Waals surface area (Å²) >= 11 is 10.4. The molecule has 2 fully saturated rings. The van der Waals surface area contributed by atoms with E-state index < -0.39 is 21.5 Å². The number of hydrogen-bond donors (Lipinski definition) is 4. The van der Waals surface area contributed by atoms with E-state index in [1.165, 1.54) is 25.6 Å². The Labute approximate surface area is 280 Å². The van der Waals surface area contributed by atoms with Crippen molar-refractivity contribution in [2.24, 2.45) is 5.92 Å². The molecule has 1 aliphatic carbocycles. The van der Waals surface area contributed by atoms with Crippen molar-refractivity contribution in [3.8, 4) is 0 Å². The largest absolute Gasteiger partial charge is 0.366 e. The molecule has 0 spiro atoms. The Balaban J connectivity index is 1.49. The number of halogens is 2. The van der Waals surface area contributed by atoms with Crippen LogP contribution >= 0.6 is 25.3 Å². The summed E-state index contributed by atoms with van der Waals surface area (Å²) in [5, 5.41) is 6.65. The maximum atomic E-state index is 15.9. The minimum Gasteiger partial charge on any atom is -0.366 e. The molecule has 1 unspecified atom stereocenters. The van der Waals surface area contributed by atoms with E-state index >= 15 is 8.78 Å². The Morgan fingerprint density at radius 1 is 1.02 bits per heavy atom. The number of nitrogens with one attached hydrogen (secondary N) is 2. The van der Waals surface area contributed by atoms with Gasteiger partial charge in [0.2, 0.25) is 0 Å². The van der Waals surface area contributed by atoms with Crippen LogP contribution in [0.2, 0.25) is 0 Å². The standard InChI is InChI=1S/C34H49BF2N6S2/c1-3-38-30-29-23-43(28-13-6-4-7-14-28)33(44,45)18-9-5-8-17-32(2,35)42-19-15-26(16-20-42)34(36,37)27-12-10-11-25(21-27)22-39-31(29)41-24-40-30/h3,10-12,21,24,26,28,44-45H,1,4-9,13-20,22-23H2,2H3,(H2,38,39,40,41). The van der Waals surface area contributed by atoms with Gasteiger partial charge in [0.15, 0.2) is 0 Å². The normalized spacial score (nSPS) is 28.6. The number of alkyl halides is 2. The SMILES string of the molecule is [B]C1(C)CCCCCC(S)(S)N(C2CCCCC2)Cc2c(NC=C)ncnc2NCc2cccc(c2)C(F)(F)C2CCN1CC2. The van der Waals surface area contributed by atoms with E-state index in [-0.39, 0.29) is 5.56 Å². The number of anilines is 2. The topological polar surface area (TPSA) is 56.3 Å². The fourth-order valence-electron chi connectivity index (χ4n) is 7.43. The van der Waals surface area contributed by atoms with E-state index in [4.69, 9.17) is 33.1 Å². The first kappa shape index (κ1) is 34.5. The van der Waals surface area contributed by atoms with Crippen molar-refractivity contribution < 1.29 is 8.78 Å². The zero-order chi connectivity index (χ0) is 32.1. The molecule has 11 heteroatoms. The molecule has 2 N–H and O–H groups in total. The highest BCUT2D eigenvalue weighted by molar-refractivity contribution is 8.00. The van der Waals surface area contributed by atoms with Crippen molar-refractivity contribution in [3.05, 3.63) is 60.1 Å². The highest BCUT2D eigenvalue weighted by atomic mass is 32.2. The van der Waals surface area contributed by atoms with Crippen molar-refractivity contribution >= 4 is 44.7 Å². The molecule has 2 aromatic rings. The molecule has 244 valence electrons. The number of rotatable bonds is 3. The molecule has 4 aliphatic rings. The van der Waals surface area contributed by atoms with Crippen LogP contribution in [0.1, 0.15) is 101 Å². The van der Waals surface area contributed by atoms with Crippen molar-refractivity contribution in [2.75, 3.05) is 23.7 Å². The van der Waals surface area contributed by atoms with Crippen LogP contribution < -0.4 is 10.6 Å². The van der Waals surface area contributed by atoms with E-state index in [1.807, 2.05) is 6.07 Å². The average Bonchev–Trinajstić information content (AvgIpc) is 3.03. The van der Waals surface area contributed by atoms with E-state index in [0.29, 0.717) is 56.7 Å². The highest BCUT2D eigenvalue weighted by Gasteiger charge is 2.44. The number of aromatic nitrogens is 2. The quantitative estimate of drug-likeness (QED) is 0.153. The third kappa shape index (κ3) is 8.38. The van der Waals surface area contributed by atoms with Gasteiger partial charge in [-0.25, -0.2) is 18.7 Å². The summed E-state index contributed by atoms with van der Waals surface area (Å²) in [5.74, 6) is -2.32. The van der Waals surface area contributed by atoms with Crippen LogP contribution in [0, 0.1) is 5.92 Å². The molecule has 4 bridgehead atoms. The number of thiol groups is 2. The summed E-state index contributed by atoms with van der Waals surface area (Å²) in [6, 6.07) is 7.14. The number of hydrogen-bond acceptors (Lipinski definition) is 8. The lowest BCUT2D eigenvalue weighted by Gasteiger charge is -2.45. The predicted octanol–water partition coefficient (Wildman–Crippen LogP) is 7.94. The van der Waals surface area contributed by atoms with Gasteiger partial charge in [-0.3, -0.25) is 4.90 Å². The molecular weight excluding hydrogens is 605 g/mol. The Morgan fingerprint density at radius 2 is 1.73 bits per heavy atom. The predicted molar refractivity (Wildman–Crippen MR) is 188 cm³/mol. The Bertz CT molecular complexity index is 1280. The van der Waals surface area contributed by atoms with Crippen LogP contribution in [0.3, 0.4) is 0 Å². The van der Waals surface area contributed by atoms with Crippen LogP contribution in [0.25, 0.3) is 0 Å². The van der Waals surface area contributed by atoms with Crippen LogP contribution in [-0.4, -0.2) is 56.4 Å².